The van der Waals surface area contributed by atoms with Crippen molar-refractivity contribution in [3.05, 3.63) is 78.6 Å². The lowest BCUT2D eigenvalue weighted by Crippen LogP contribution is -1.85. The molecule has 0 unspecified atom stereocenters. The molecule has 0 saturated carbocycles. The molecule has 2 nitrogen and oxygen atoms in total. The minimum absolute atomic E-state index is 1.06. The Kier molecular flexibility index (Phi) is 3.43. The van der Waals surface area contributed by atoms with Crippen LogP contribution in [0.5, 0.6) is 0 Å². The Bertz CT molecular complexity index is 916. The molecule has 0 spiro atoms. The van der Waals surface area contributed by atoms with E-state index in [-0.39, 0.29) is 0 Å². The number of aromatic nitrogens is 2. The largest absolute Gasteiger partial charge is 0.354 e. The normalized spacial score (nSPS) is 11.0. The molecule has 4 aromatic rings. The van der Waals surface area contributed by atoms with Crippen LogP contribution in [0.25, 0.3) is 33.3 Å². The SMILES string of the molecule is CCc1ccc(-c2cncc(-c3cc4ccccc4[nH]3)c2)cc1. The lowest BCUT2D eigenvalue weighted by atomic mass is 10.0. The van der Waals surface area contributed by atoms with E-state index in [1.54, 1.807) is 0 Å². The topological polar surface area (TPSA) is 28.7 Å². The fourth-order valence-corrected chi connectivity index (χ4v) is 2.91. The molecule has 0 aliphatic heterocycles. The van der Waals surface area contributed by atoms with Crippen LogP contribution in [0.2, 0.25) is 0 Å². The number of rotatable bonds is 3. The van der Waals surface area contributed by atoms with Gasteiger partial charge in [0, 0.05) is 40.1 Å². The van der Waals surface area contributed by atoms with Gasteiger partial charge in [-0.05, 0) is 35.7 Å². The molecule has 23 heavy (non-hydrogen) atoms. The first-order chi connectivity index (χ1) is 11.3. The van der Waals surface area contributed by atoms with Gasteiger partial charge in [0.1, 0.15) is 0 Å². The van der Waals surface area contributed by atoms with Crippen LogP contribution >= 0.6 is 0 Å². The van der Waals surface area contributed by atoms with Gasteiger partial charge in [-0.1, -0.05) is 49.4 Å². The minimum Gasteiger partial charge on any atom is -0.354 e. The van der Waals surface area contributed by atoms with Crippen LogP contribution in [-0.2, 0) is 6.42 Å². The van der Waals surface area contributed by atoms with E-state index in [4.69, 9.17) is 0 Å². The maximum atomic E-state index is 4.43. The standard InChI is InChI=1S/C21H18N2/c1-2-15-7-9-16(10-8-15)18-11-19(14-22-13-18)21-12-17-5-3-4-6-20(17)23-21/h3-14,23H,2H2,1H3. The molecule has 0 aliphatic carbocycles. The van der Waals surface area contributed by atoms with Crippen LogP contribution in [0.3, 0.4) is 0 Å². The van der Waals surface area contributed by atoms with Gasteiger partial charge in [-0.25, -0.2) is 0 Å². The van der Waals surface area contributed by atoms with Crippen molar-refractivity contribution in [3.8, 4) is 22.4 Å². The summed E-state index contributed by atoms with van der Waals surface area (Å²) in [5.41, 5.74) is 7.06. The number of fused-ring (bicyclic) bond motifs is 1. The number of hydrogen-bond donors (Lipinski definition) is 1. The van der Waals surface area contributed by atoms with E-state index in [1.165, 1.54) is 16.5 Å². The number of nitrogens with one attached hydrogen (secondary N) is 1. The second-order valence-electron chi connectivity index (χ2n) is 5.78. The smallest absolute Gasteiger partial charge is 0.0480 e. The van der Waals surface area contributed by atoms with Crippen molar-refractivity contribution >= 4 is 10.9 Å². The predicted molar refractivity (Wildman–Crippen MR) is 96.3 cm³/mol. The Hall–Kier alpha value is -2.87. The van der Waals surface area contributed by atoms with Crippen molar-refractivity contribution in [1.82, 2.24) is 9.97 Å². The number of H-pyrrole nitrogens is 1. The minimum atomic E-state index is 1.06. The van der Waals surface area contributed by atoms with E-state index in [1.807, 2.05) is 18.5 Å². The number of benzene rings is 2. The van der Waals surface area contributed by atoms with Crippen molar-refractivity contribution < 1.29 is 0 Å². The highest BCUT2D eigenvalue weighted by Gasteiger charge is 2.06. The Morgan fingerprint density at radius 2 is 1.61 bits per heavy atom. The number of para-hydroxylation sites is 1. The summed E-state index contributed by atoms with van der Waals surface area (Å²) in [5, 5.41) is 1.22. The maximum absolute atomic E-state index is 4.43. The zero-order valence-corrected chi connectivity index (χ0v) is 13.1. The highest BCUT2D eigenvalue weighted by Crippen LogP contribution is 2.27. The van der Waals surface area contributed by atoms with Gasteiger partial charge in [0.25, 0.3) is 0 Å². The molecular weight excluding hydrogens is 280 g/mol. The average molecular weight is 298 g/mol. The van der Waals surface area contributed by atoms with E-state index in [9.17, 15) is 0 Å². The van der Waals surface area contributed by atoms with Gasteiger partial charge in [-0.2, -0.15) is 0 Å². The molecular formula is C21H18N2. The van der Waals surface area contributed by atoms with Gasteiger partial charge >= 0.3 is 0 Å². The van der Waals surface area contributed by atoms with Crippen LogP contribution in [0.1, 0.15) is 12.5 Å². The zero-order chi connectivity index (χ0) is 15.6. The van der Waals surface area contributed by atoms with Crippen LogP contribution in [0.4, 0.5) is 0 Å². The molecule has 0 fully saturated rings. The van der Waals surface area contributed by atoms with Crippen LogP contribution in [-0.4, -0.2) is 9.97 Å². The number of hydrogen-bond acceptors (Lipinski definition) is 1. The summed E-state index contributed by atoms with van der Waals surface area (Å²) in [6.45, 7) is 2.17. The molecule has 0 atom stereocenters. The van der Waals surface area contributed by atoms with Gasteiger partial charge in [0.15, 0.2) is 0 Å². The van der Waals surface area contributed by atoms with Gasteiger partial charge < -0.3 is 4.98 Å². The Balaban J connectivity index is 1.75. The molecule has 4 rings (SSSR count). The summed E-state index contributed by atoms with van der Waals surface area (Å²) in [5.74, 6) is 0. The second-order valence-corrected chi connectivity index (χ2v) is 5.78. The predicted octanol–water partition coefficient (Wildman–Crippen LogP) is 5.46. The van der Waals surface area contributed by atoms with Crippen LogP contribution in [0.15, 0.2) is 73.1 Å². The van der Waals surface area contributed by atoms with Crippen LogP contribution < -0.4 is 0 Å². The van der Waals surface area contributed by atoms with E-state index in [0.717, 1.165) is 28.8 Å². The van der Waals surface area contributed by atoms with Crippen molar-refractivity contribution in [2.24, 2.45) is 0 Å². The number of aromatic amines is 1. The molecule has 2 heterocycles. The van der Waals surface area contributed by atoms with Crippen molar-refractivity contribution in [2.45, 2.75) is 13.3 Å². The van der Waals surface area contributed by atoms with Crippen LogP contribution in [0, 0.1) is 0 Å². The molecule has 0 bridgehead atoms. The molecule has 112 valence electrons. The van der Waals surface area contributed by atoms with E-state index < -0.39 is 0 Å². The summed E-state index contributed by atoms with van der Waals surface area (Å²) >= 11 is 0. The monoisotopic (exact) mass is 298 g/mol. The van der Waals surface area contributed by atoms with E-state index in [0.29, 0.717) is 0 Å². The zero-order valence-electron chi connectivity index (χ0n) is 13.1. The molecule has 0 amide bonds. The van der Waals surface area contributed by atoms with Crippen molar-refractivity contribution in [2.75, 3.05) is 0 Å². The third-order valence-corrected chi connectivity index (χ3v) is 4.27. The first kappa shape index (κ1) is 13.8. The molecule has 0 radical (unpaired) electrons. The number of nitrogens with zero attached hydrogens (tertiary/aromatic N) is 1. The summed E-state index contributed by atoms with van der Waals surface area (Å²) in [6, 6.07) is 21.4. The maximum Gasteiger partial charge on any atom is 0.0480 e. The molecule has 2 heteroatoms. The van der Waals surface area contributed by atoms with Crippen molar-refractivity contribution in [3.63, 3.8) is 0 Å². The first-order valence-electron chi connectivity index (χ1n) is 7.96. The highest BCUT2D eigenvalue weighted by atomic mass is 14.7. The van der Waals surface area contributed by atoms with E-state index >= 15 is 0 Å². The Morgan fingerprint density at radius 1 is 0.826 bits per heavy atom. The second kappa shape index (κ2) is 5.73. The highest BCUT2D eigenvalue weighted by molar-refractivity contribution is 5.86. The Morgan fingerprint density at radius 3 is 2.39 bits per heavy atom. The van der Waals surface area contributed by atoms with Crippen molar-refractivity contribution in [1.29, 1.82) is 0 Å². The fourth-order valence-electron chi connectivity index (χ4n) is 2.91. The molecule has 2 aromatic carbocycles. The summed E-state index contributed by atoms with van der Waals surface area (Å²) in [7, 11) is 0. The third kappa shape index (κ3) is 2.64. The molecule has 1 N–H and O–H groups in total. The summed E-state index contributed by atoms with van der Waals surface area (Å²) in [4.78, 5) is 7.90. The average Bonchev–Trinajstić information content (AvgIpc) is 3.06. The number of pyridine rings is 1. The van der Waals surface area contributed by atoms with Gasteiger partial charge in [-0.3, -0.25) is 4.98 Å². The lowest BCUT2D eigenvalue weighted by molar-refractivity contribution is 1.14. The quantitative estimate of drug-likeness (QED) is 0.534. The number of aryl methyl sites for hydroxylation is 1. The molecule has 0 aliphatic rings. The van der Waals surface area contributed by atoms with Gasteiger partial charge in [0.05, 0.1) is 0 Å². The van der Waals surface area contributed by atoms with Gasteiger partial charge in [-0.15, -0.1) is 0 Å². The summed E-state index contributed by atoms with van der Waals surface area (Å²) in [6.07, 6.45) is 4.90. The molecule has 0 saturated heterocycles. The summed E-state index contributed by atoms with van der Waals surface area (Å²) < 4.78 is 0. The molecule has 2 aromatic heterocycles. The fraction of sp³-hybridized carbons (Fsp3) is 0.0952. The first-order valence-corrected chi connectivity index (χ1v) is 7.96. The lowest BCUT2D eigenvalue weighted by Gasteiger charge is -2.05. The Labute approximate surface area is 135 Å². The van der Waals surface area contributed by atoms with Gasteiger partial charge in [0.2, 0.25) is 0 Å². The third-order valence-electron chi connectivity index (χ3n) is 4.27. The van der Waals surface area contributed by atoms with E-state index in [2.05, 4.69) is 71.5 Å².